The highest BCUT2D eigenvalue weighted by molar-refractivity contribution is 7.80. The first-order valence-corrected chi connectivity index (χ1v) is 12.2. The number of nitrogens with one attached hydrogen (secondary N) is 1. The van der Waals surface area contributed by atoms with Crippen LogP contribution in [-0.4, -0.2) is 14.7 Å². The Morgan fingerprint density at radius 3 is 2.38 bits per heavy atom. The van der Waals surface area contributed by atoms with Crippen molar-refractivity contribution in [2.45, 2.75) is 46.2 Å². The molecule has 5 heteroatoms. The van der Waals surface area contributed by atoms with Gasteiger partial charge in [-0.25, -0.2) is 0 Å². The normalized spacial score (nSPS) is 17.8. The summed E-state index contributed by atoms with van der Waals surface area (Å²) < 4.78 is 2.39. The highest BCUT2D eigenvalue weighted by atomic mass is 32.1. The Morgan fingerprint density at radius 2 is 1.68 bits per heavy atom. The highest BCUT2D eigenvalue weighted by Gasteiger charge is 2.42. The number of hydrogen-bond donors (Lipinski definition) is 1. The summed E-state index contributed by atoms with van der Waals surface area (Å²) in [6.07, 6.45) is 2.84. The fourth-order valence-electron chi connectivity index (χ4n) is 5.14. The van der Waals surface area contributed by atoms with Gasteiger partial charge in [-0.2, -0.15) is 0 Å². The van der Waals surface area contributed by atoms with E-state index in [9.17, 15) is 0 Å². The van der Waals surface area contributed by atoms with Crippen LogP contribution < -0.4 is 10.2 Å². The number of nitrogens with zero attached hydrogens (tertiary/aromatic N) is 3. The van der Waals surface area contributed by atoms with Crippen LogP contribution >= 0.6 is 12.2 Å². The zero-order valence-corrected chi connectivity index (χ0v) is 20.9. The number of hydrogen-bond acceptors (Lipinski definition) is 2. The molecule has 2 aromatic heterocycles. The van der Waals surface area contributed by atoms with Gasteiger partial charge in [0.05, 0.1) is 17.8 Å². The van der Waals surface area contributed by atoms with Gasteiger partial charge < -0.3 is 14.8 Å². The second-order valence-corrected chi connectivity index (χ2v) is 9.36. The third-order valence-corrected chi connectivity index (χ3v) is 7.13. The topological polar surface area (TPSA) is 33.1 Å². The van der Waals surface area contributed by atoms with Gasteiger partial charge in [0.1, 0.15) is 0 Å². The first-order chi connectivity index (χ1) is 16.5. The summed E-state index contributed by atoms with van der Waals surface area (Å²) in [7, 11) is 0. The summed E-state index contributed by atoms with van der Waals surface area (Å²) in [5, 5.41) is 4.31. The summed E-state index contributed by atoms with van der Waals surface area (Å²) >= 11 is 5.91. The Hall–Kier alpha value is -3.44. The SMILES string of the molecule is CCc1ccccc1-n1c(C)cc([C@@H]2[C@@H](c3ccccn3)NC(=S)N2c2ccc(C)cc2)c1C. The van der Waals surface area contributed by atoms with Gasteiger partial charge in [0.25, 0.3) is 0 Å². The van der Waals surface area contributed by atoms with Crippen LogP contribution in [0.4, 0.5) is 5.69 Å². The summed E-state index contributed by atoms with van der Waals surface area (Å²) in [4.78, 5) is 6.96. The summed E-state index contributed by atoms with van der Waals surface area (Å²) in [6, 6.07) is 25.6. The highest BCUT2D eigenvalue weighted by Crippen LogP contribution is 2.43. The van der Waals surface area contributed by atoms with Gasteiger partial charge in [-0.1, -0.05) is 48.9 Å². The molecule has 0 amide bonds. The molecule has 0 radical (unpaired) electrons. The molecule has 0 saturated carbocycles. The fraction of sp³-hybridized carbons (Fsp3) is 0.241. The maximum absolute atomic E-state index is 5.91. The van der Waals surface area contributed by atoms with E-state index in [-0.39, 0.29) is 12.1 Å². The number of aromatic nitrogens is 2. The van der Waals surface area contributed by atoms with Crippen LogP contribution in [0.3, 0.4) is 0 Å². The van der Waals surface area contributed by atoms with Crippen molar-refractivity contribution in [2.75, 3.05) is 4.90 Å². The van der Waals surface area contributed by atoms with Gasteiger partial charge in [0.2, 0.25) is 0 Å². The van der Waals surface area contributed by atoms with Crippen molar-refractivity contribution in [1.29, 1.82) is 0 Å². The molecule has 5 rings (SSSR count). The molecule has 4 nitrogen and oxygen atoms in total. The summed E-state index contributed by atoms with van der Waals surface area (Å²) in [6.45, 7) is 8.73. The Morgan fingerprint density at radius 1 is 0.941 bits per heavy atom. The standard InChI is InChI=1S/C29H30N4S/c1-5-22-10-6-7-12-26(22)32-20(3)18-24(21(32)4)28-27(25-11-8-9-17-30-25)31-29(34)33(28)23-15-13-19(2)14-16-23/h6-18,27-28H,5H2,1-4H3,(H,31,34)/t27-,28-/m1/s1. The lowest BCUT2D eigenvalue weighted by atomic mass is 9.96. The molecule has 0 aliphatic carbocycles. The van der Waals surface area contributed by atoms with E-state index >= 15 is 0 Å². The van der Waals surface area contributed by atoms with Crippen molar-refractivity contribution in [3.8, 4) is 5.69 Å². The van der Waals surface area contributed by atoms with E-state index in [0.29, 0.717) is 0 Å². The fourth-order valence-corrected chi connectivity index (χ4v) is 5.49. The molecule has 1 aliphatic heterocycles. The largest absolute Gasteiger partial charge is 0.351 e. The van der Waals surface area contributed by atoms with Crippen LogP contribution in [-0.2, 0) is 6.42 Å². The van der Waals surface area contributed by atoms with Crippen molar-refractivity contribution < 1.29 is 0 Å². The minimum absolute atomic E-state index is 0.0150. The molecule has 1 saturated heterocycles. The van der Waals surface area contributed by atoms with E-state index in [0.717, 1.165) is 22.9 Å². The average molecular weight is 467 g/mol. The van der Waals surface area contributed by atoms with Gasteiger partial charge in [-0.3, -0.25) is 4.98 Å². The molecule has 4 aromatic rings. The van der Waals surface area contributed by atoms with E-state index in [4.69, 9.17) is 17.2 Å². The van der Waals surface area contributed by atoms with E-state index in [2.05, 4.69) is 103 Å². The van der Waals surface area contributed by atoms with Crippen LogP contribution in [0.15, 0.2) is 79.0 Å². The van der Waals surface area contributed by atoms with E-state index in [1.54, 1.807) is 0 Å². The third-order valence-electron chi connectivity index (χ3n) is 6.81. The smallest absolute Gasteiger partial charge is 0.174 e. The number of benzene rings is 2. The number of thiocarbonyl (C=S) groups is 1. The number of para-hydroxylation sites is 1. The Labute approximate surface area is 207 Å². The van der Waals surface area contributed by atoms with Crippen LogP contribution in [0, 0.1) is 20.8 Å². The molecule has 0 spiro atoms. The van der Waals surface area contributed by atoms with Gasteiger partial charge in [-0.05, 0) is 86.9 Å². The lowest BCUT2D eigenvalue weighted by Gasteiger charge is -2.28. The molecule has 0 unspecified atom stereocenters. The zero-order chi connectivity index (χ0) is 23.8. The Kier molecular flexibility index (Phi) is 5.96. The Balaban J connectivity index is 1.69. The van der Waals surface area contributed by atoms with E-state index < -0.39 is 0 Å². The molecule has 172 valence electrons. The number of pyridine rings is 1. The predicted molar refractivity (Wildman–Crippen MR) is 144 cm³/mol. The van der Waals surface area contributed by atoms with Crippen molar-refractivity contribution in [3.63, 3.8) is 0 Å². The lowest BCUT2D eigenvalue weighted by Crippen LogP contribution is -2.29. The Bertz CT molecular complexity index is 1320. The lowest BCUT2D eigenvalue weighted by molar-refractivity contribution is 0.565. The molecule has 2 atom stereocenters. The first-order valence-electron chi connectivity index (χ1n) is 11.8. The minimum atomic E-state index is -0.0506. The maximum Gasteiger partial charge on any atom is 0.174 e. The molecule has 1 aliphatic rings. The monoisotopic (exact) mass is 466 g/mol. The number of aryl methyl sites for hydroxylation is 3. The van der Waals surface area contributed by atoms with E-state index in [1.165, 1.54) is 33.8 Å². The second kappa shape index (κ2) is 9.07. The van der Waals surface area contributed by atoms with Crippen LogP contribution in [0.5, 0.6) is 0 Å². The average Bonchev–Trinajstić information content (AvgIpc) is 3.35. The number of rotatable bonds is 5. The van der Waals surface area contributed by atoms with Gasteiger partial charge in [0, 0.05) is 29.0 Å². The summed E-state index contributed by atoms with van der Waals surface area (Å²) in [5.74, 6) is 0. The third kappa shape index (κ3) is 3.80. The summed E-state index contributed by atoms with van der Waals surface area (Å²) in [5.41, 5.74) is 9.60. The molecule has 3 heterocycles. The first kappa shape index (κ1) is 22.4. The van der Waals surface area contributed by atoms with E-state index in [1.807, 2.05) is 18.3 Å². The van der Waals surface area contributed by atoms with Crippen molar-refractivity contribution >= 4 is 23.0 Å². The van der Waals surface area contributed by atoms with Crippen molar-refractivity contribution in [2.24, 2.45) is 0 Å². The minimum Gasteiger partial charge on any atom is -0.351 e. The predicted octanol–water partition coefficient (Wildman–Crippen LogP) is 6.54. The molecule has 1 N–H and O–H groups in total. The molecule has 1 fully saturated rings. The molecule has 0 bridgehead atoms. The van der Waals surface area contributed by atoms with Crippen molar-refractivity contribution in [1.82, 2.24) is 14.9 Å². The molecule has 2 aromatic carbocycles. The van der Waals surface area contributed by atoms with Crippen LogP contribution in [0.25, 0.3) is 5.69 Å². The quantitative estimate of drug-likeness (QED) is 0.339. The molecule has 34 heavy (non-hydrogen) atoms. The second-order valence-electron chi connectivity index (χ2n) is 8.98. The molecular formula is C29H30N4S. The number of anilines is 1. The zero-order valence-electron chi connectivity index (χ0n) is 20.1. The van der Waals surface area contributed by atoms with Crippen molar-refractivity contribution in [3.05, 3.63) is 113 Å². The molecular weight excluding hydrogens is 436 g/mol. The van der Waals surface area contributed by atoms with Crippen LogP contribution in [0.2, 0.25) is 0 Å². The maximum atomic E-state index is 5.91. The van der Waals surface area contributed by atoms with Gasteiger partial charge >= 0.3 is 0 Å². The van der Waals surface area contributed by atoms with Gasteiger partial charge in [-0.15, -0.1) is 0 Å². The van der Waals surface area contributed by atoms with Crippen LogP contribution in [0.1, 0.15) is 52.8 Å². The van der Waals surface area contributed by atoms with Gasteiger partial charge in [0.15, 0.2) is 5.11 Å².